The first kappa shape index (κ1) is 27.0. The van der Waals surface area contributed by atoms with Gasteiger partial charge in [0.1, 0.15) is 23.4 Å². The number of nitrogens with zero attached hydrogens (tertiary/aromatic N) is 5. The average molecular weight is 540 g/mol. The molecule has 5 rings (SSSR count). The van der Waals surface area contributed by atoms with Gasteiger partial charge in [0, 0.05) is 35.6 Å². The van der Waals surface area contributed by atoms with Crippen molar-refractivity contribution in [1.82, 2.24) is 24.6 Å². The zero-order valence-electron chi connectivity index (χ0n) is 22.8. The molecule has 5 aromatic rings. The maximum absolute atomic E-state index is 15.3. The van der Waals surface area contributed by atoms with Gasteiger partial charge in [0.25, 0.3) is 5.56 Å². The number of rotatable bonds is 7. The van der Waals surface area contributed by atoms with Crippen LogP contribution in [0.4, 0.5) is 10.2 Å². The fraction of sp³-hybridized carbons (Fsp3) is 0.267. The number of nitrogens with one attached hydrogen (secondary N) is 2. The third kappa shape index (κ3) is 4.70. The summed E-state index contributed by atoms with van der Waals surface area (Å²) in [5.41, 5.74) is 1.94. The van der Waals surface area contributed by atoms with Crippen molar-refractivity contribution in [2.75, 3.05) is 25.5 Å². The highest BCUT2D eigenvalue weighted by Crippen LogP contribution is 2.30. The monoisotopic (exact) mass is 539 g/mol. The van der Waals surface area contributed by atoms with E-state index in [-0.39, 0.29) is 10.8 Å². The van der Waals surface area contributed by atoms with Crippen LogP contribution >= 0.6 is 0 Å². The number of halogens is 1. The molecule has 0 saturated carbocycles. The molecule has 3 N–H and O–H groups in total. The van der Waals surface area contributed by atoms with Crippen molar-refractivity contribution in [2.45, 2.75) is 32.8 Å². The van der Waals surface area contributed by atoms with E-state index in [1.54, 1.807) is 35.0 Å². The largest absolute Gasteiger partial charge is 0.392 e. The smallest absolute Gasteiger partial charge is 0.282 e. The number of hydrogen-bond donors (Lipinski definition) is 3. The summed E-state index contributed by atoms with van der Waals surface area (Å²) < 4.78 is 18.1. The van der Waals surface area contributed by atoms with Crippen LogP contribution in [0.5, 0.6) is 0 Å². The van der Waals surface area contributed by atoms with Gasteiger partial charge in [-0.1, -0.05) is 26.8 Å². The summed E-state index contributed by atoms with van der Waals surface area (Å²) in [5, 5.41) is 31.9. The molecule has 0 radical (unpaired) electrons. The lowest BCUT2D eigenvalue weighted by Crippen LogP contribution is -2.24. The zero-order valence-corrected chi connectivity index (χ0v) is 22.8. The minimum Gasteiger partial charge on any atom is -0.392 e. The van der Waals surface area contributed by atoms with Gasteiger partial charge in [-0.2, -0.15) is 15.0 Å². The van der Waals surface area contributed by atoms with Gasteiger partial charge < -0.3 is 15.7 Å². The van der Waals surface area contributed by atoms with Crippen molar-refractivity contribution in [3.05, 3.63) is 87.7 Å². The number of benzene rings is 2. The highest BCUT2D eigenvalue weighted by atomic mass is 19.1. The third-order valence-corrected chi connectivity index (χ3v) is 6.93. The predicted molar refractivity (Wildman–Crippen MR) is 154 cm³/mol. The fourth-order valence-corrected chi connectivity index (χ4v) is 4.78. The number of aromatic nitrogens is 4. The molecular weight excluding hydrogens is 509 g/mol. The van der Waals surface area contributed by atoms with E-state index < -0.39 is 18.0 Å². The number of pyridine rings is 1. The van der Waals surface area contributed by atoms with Gasteiger partial charge in [-0.25, -0.2) is 9.37 Å². The van der Waals surface area contributed by atoms with Crippen molar-refractivity contribution in [3.63, 3.8) is 0 Å². The van der Waals surface area contributed by atoms with Crippen molar-refractivity contribution in [2.24, 2.45) is 0 Å². The summed E-state index contributed by atoms with van der Waals surface area (Å²) in [4.78, 5) is 18.3. The molecule has 0 aliphatic heterocycles. The fourth-order valence-electron chi connectivity index (χ4n) is 4.78. The molecule has 3 aromatic heterocycles. The Labute approximate surface area is 230 Å². The van der Waals surface area contributed by atoms with E-state index in [2.05, 4.69) is 21.8 Å². The molecule has 0 aliphatic rings. The predicted octanol–water partition coefficient (Wildman–Crippen LogP) is 4.16. The van der Waals surface area contributed by atoms with Crippen LogP contribution in [-0.4, -0.2) is 44.6 Å². The minimum atomic E-state index is -0.633. The van der Waals surface area contributed by atoms with Crippen LogP contribution in [0.2, 0.25) is 0 Å². The van der Waals surface area contributed by atoms with Crippen molar-refractivity contribution < 1.29 is 9.50 Å². The number of aliphatic hydroxyl groups excluding tert-OH is 1. The first-order valence-electron chi connectivity index (χ1n) is 12.9. The summed E-state index contributed by atoms with van der Waals surface area (Å²) >= 11 is 0. The lowest BCUT2D eigenvalue weighted by molar-refractivity contribution is 0.281. The Hall–Kier alpha value is -4.59. The summed E-state index contributed by atoms with van der Waals surface area (Å²) in [5.74, 6) is 0.00801. The number of aliphatic hydroxyl groups is 1. The van der Waals surface area contributed by atoms with E-state index in [0.717, 1.165) is 16.8 Å². The highest BCUT2D eigenvalue weighted by Gasteiger charge is 2.21. The molecule has 0 aliphatic carbocycles. The molecule has 0 atom stereocenters. The van der Waals surface area contributed by atoms with E-state index in [9.17, 15) is 15.2 Å². The van der Waals surface area contributed by atoms with E-state index >= 15 is 4.39 Å². The lowest BCUT2D eigenvalue weighted by atomic mass is 9.86. The number of hydrogen-bond acceptors (Lipinski definition) is 7. The van der Waals surface area contributed by atoms with Crippen molar-refractivity contribution >= 4 is 27.6 Å². The van der Waals surface area contributed by atoms with Gasteiger partial charge in [-0.3, -0.25) is 9.36 Å². The second kappa shape index (κ2) is 10.5. The van der Waals surface area contributed by atoms with Gasteiger partial charge in [0.2, 0.25) is 0 Å². The van der Waals surface area contributed by atoms with E-state index in [4.69, 9.17) is 4.98 Å². The van der Waals surface area contributed by atoms with Crippen LogP contribution in [0.15, 0.2) is 59.7 Å². The molecule has 9 nitrogen and oxygen atoms in total. The Morgan fingerprint density at radius 1 is 1.12 bits per heavy atom. The minimum absolute atomic E-state index is 0.0746. The van der Waals surface area contributed by atoms with E-state index in [1.807, 2.05) is 40.0 Å². The van der Waals surface area contributed by atoms with E-state index in [1.165, 1.54) is 12.3 Å². The molecular formula is C30H30FN7O2. The molecule has 40 heavy (non-hydrogen) atoms. The van der Waals surface area contributed by atoms with Crippen LogP contribution < -0.4 is 16.2 Å². The number of nitriles is 1. The maximum atomic E-state index is 15.3. The van der Waals surface area contributed by atoms with Gasteiger partial charge in [-0.05, 0) is 54.4 Å². The molecule has 0 unspecified atom stereocenters. The van der Waals surface area contributed by atoms with Gasteiger partial charge >= 0.3 is 0 Å². The summed E-state index contributed by atoms with van der Waals surface area (Å²) in [6.45, 7) is 6.88. The molecule has 0 spiro atoms. The molecule has 0 bridgehead atoms. The topological polar surface area (TPSA) is 121 Å². The number of fused-ring (bicyclic) bond motifs is 2. The first-order valence-corrected chi connectivity index (χ1v) is 12.9. The second-order valence-electron chi connectivity index (χ2n) is 10.6. The van der Waals surface area contributed by atoms with Crippen molar-refractivity contribution in [3.8, 4) is 17.4 Å². The maximum Gasteiger partial charge on any atom is 0.282 e. The van der Waals surface area contributed by atoms with Crippen molar-refractivity contribution in [1.29, 1.82) is 5.26 Å². The molecule has 0 fully saturated rings. The Balaban J connectivity index is 1.69. The van der Waals surface area contributed by atoms with E-state index in [0.29, 0.717) is 51.3 Å². The summed E-state index contributed by atoms with van der Waals surface area (Å²) in [6.07, 6.45) is 3.12. The Kier molecular flexibility index (Phi) is 7.10. The summed E-state index contributed by atoms with van der Waals surface area (Å²) in [7, 11) is 1.86. The van der Waals surface area contributed by atoms with Crippen LogP contribution in [0.1, 0.15) is 37.5 Å². The SMILES string of the molecule is CNCCNc1ccc2c(C#N)cn(-c3cccc(-n4ncc5cc(C(C)(C)C)cc(F)c5c4=O)c3CO)c2n1. The average Bonchev–Trinajstić information content (AvgIpc) is 3.30. The second-order valence-corrected chi connectivity index (χ2v) is 10.6. The van der Waals surface area contributed by atoms with Gasteiger partial charge in [0.15, 0.2) is 0 Å². The molecule has 0 saturated heterocycles. The Morgan fingerprint density at radius 3 is 2.60 bits per heavy atom. The standard InChI is InChI=1S/C30H30FN7O2/c1-30(2,3)20-12-18-15-35-38(29(40)27(18)23(31)13-20)25-7-5-6-24(22(25)17-39)37-16-19(14-32)21-8-9-26(36-28(21)37)34-11-10-33-4/h5-9,12-13,15-16,33,39H,10-11,17H2,1-4H3,(H,34,36). The molecule has 10 heteroatoms. The lowest BCUT2D eigenvalue weighted by Gasteiger charge is -2.20. The molecule has 3 heterocycles. The van der Waals surface area contributed by atoms with Gasteiger partial charge in [0.05, 0.1) is 35.1 Å². The first-order chi connectivity index (χ1) is 19.2. The molecule has 2 aromatic carbocycles. The number of likely N-dealkylation sites (N-methyl/N-ethyl adjacent to an activating group) is 1. The number of anilines is 1. The molecule has 204 valence electrons. The van der Waals surface area contributed by atoms with Crippen LogP contribution in [-0.2, 0) is 12.0 Å². The Bertz CT molecular complexity index is 1840. The van der Waals surface area contributed by atoms with Crippen LogP contribution in [0, 0.1) is 17.1 Å². The van der Waals surface area contributed by atoms with Gasteiger partial charge in [-0.15, -0.1) is 0 Å². The quantitative estimate of drug-likeness (QED) is 0.266. The molecule has 0 amide bonds. The normalized spacial score (nSPS) is 11.7. The third-order valence-electron chi connectivity index (χ3n) is 6.93. The zero-order chi connectivity index (χ0) is 28.6. The highest BCUT2D eigenvalue weighted by molar-refractivity contribution is 5.87. The van der Waals surface area contributed by atoms with Crippen LogP contribution in [0.3, 0.4) is 0 Å². The summed E-state index contributed by atoms with van der Waals surface area (Å²) in [6, 6.07) is 14.1. The Morgan fingerprint density at radius 2 is 1.90 bits per heavy atom. The van der Waals surface area contributed by atoms with Crippen LogP contribution in [0.25, 0.3) is 33.2 Å².